The van der Waals surface area contributed by atoms with Gasteiger partial charge in [0, 0.05) is 24.5 Å². The molecule has 3 nitrogen and oxygen atoms in total. The van der Waals surface area contributed by atoms with Crippen LogP contribution in [0.3, 0.4) is 0 Å². The van der Waals surface area contributed by atoms with Crippen molar-refractivity contribution in [1.29, 1.82) is 0 Å². The van der Waals surface area contributed by atoms with E-state index in [9.17, 15) is 13.2 Å². The summed E-state index contributed by atoms with van der Waals surface area (Å²) in [5.74, 6) is 0. The van der Waals surface area contributed by atoms with Gasteiger partial charge in [-0.25, -0.2) is 0 Å². The number of hydrogen-bond donors (Lipinski definition) is 1. The first kappa shape index (κ1) is 16.9. The molecule has 0 fully saturated rings. The fourth-order valence-corrected chi connectivity index (χ4v) is 1.78. The lowest BCUT2D eigenvalue weighted by atomic mass is 10.1. The topological polar surface area (TPSA) is 34.1 Å². The normalized spacial score (nSPS) is 13.4. The Labute approximate surface area is 117 Å². The van der Waals surface area contributed by atoms with Crippen LogP contribution in [0.1, 0.15) is 37.1 Å². The maximum Gasteiger partial charge on any atom is 0.411 e. The number of nitrogens with zero attached hydrogens (tertiary/aromatic N) is 1. The van der Waals surface area contributed by atoms with Gasteiger partial charge in [-0.1, -0.05) is 13.0 Å². The number of aromatic nitrogens is 1. The van der Waals surface area contributed by atoms with Crippen molar-refractivity contribution in [1.82, 2.24) is 10.3 Å². The summed E-state index contributed by atoms with van der Waals surface area (Å²) >= 11 is 0. The Hall–Kier alpha value is -1.14. The van der Waals surface area contributed by atoms with Gasteiger partial charge in [-0.05, 0) is 37.9 Å². The second kappa shape index (κ2) is 8.21. The molecule has 1 rings (SSSR count). The number of rotatable bonds is 8. The number of halogens is 3. The quantitative estimate of drug-likeness (QED) is 0.745. The highest BCUT2D eigenvalue weighted by molar-refractivity contribution is 5.17. The standard InChI is InChI=1S/C14H21F3N2O/c1-3-7-18-13(6-8-20-10-14(15,16)17)12-5-4-11(2)19-9-12/h4-5,9,13,18H,3,6-8,10H2,1-2H3. The lowest BCUT2D eigenvalue weighted by Gasteiger charge is -2.19. The van der Waals surface area contributed by atoms with Crippen LogP contribution in [-0.2, 0) is 4.74 Å². The van der Waals surface area contributed by atoms with Crippen LogP contribution in [0.25, 0.3) is 0 Å². The summed E-state index contributed by atoms with van der Waals surface area (Å²) in [5.41, 5.74) is 1.89. The zero-order valence-corrected chi connectivity index (χ0v) is 11.8. The van der Waals surface area contributed by atoms with Crippen LogP contribution in [0.15, 0.2) is 18.3 Å². The van der Waals surface area contributed by atoms with Crippen LogP contribution >= 0.6 is 0 Å². The molecule has 0 radical (unpaired) electrons. The molecule has 0 aliphatic heterocycles. The molecule has 0 aliphatic rings. The van der Waals surface area contributed by atoms with Gasteiger partial charge in [-0.2, -0.15) is 13.2 Å². The van der Waals surface area contributed by atoms with Gasteiger partial charge >= 0.3 is 6.18 Å². The fraction of sp³-hybridized carbons (Fsp3) is 0.643. The van der Waals surface area contributed by atoms with Crippen molar-refractivity contribution < 1.29 is 17.9 Å². The summed E-state index contributed by atoms with van der Waals surface area (Å²) in [7, 11) is 0. The van der Waals surface area contributed by atoms with E-state index in [4.69, 9.17) is 0 Å². The maximum atomic E-state index is 12.0. The third-order valence-electron chi connectivity index (χ3n) is 2.79. The molecule has 1 heterocycles. The fourth-order valence-electron chi connectivity index (χ4n) is 1.78. The zero-order valence-electron chi connectivity index (χ0n) is 11.8. The number of pyridine rings is 1. The predicted octanol–water partition coefficient (Wildman–Crippen LogP) is 3.40. The summed E-state index contributed by atoms with van der Waals surface area (Å²) in [6.07, 6.45) is -1.07. The highest BCUT2D eigenvalue weighted by atomic mass is 19.4. The van der Waals surface area contributed by atoms with Crippen molar-refractivity contribution in [3.63, 3.8) is 0 Å². The maximum absolute atomic E-state index is 12.0. The average molecular weight is 290 g/mol. The monoisotopic (exact) mass is 290 g/mol. The minimum atomic E-state index is -4.27. The Morgan fingerprint density at radius 2 is 2.10 bits per heavy atom. The Kier molecular flexibility index (Phi) is 6.95. The van der Waals surface area contributed by atoms with E-state index in [0.717, 1.165) is 24.2 Å². The smallest absolute Gasteiger partial charge is 0.372 e. The number of nitrogens with one attached hydrogen (secondary N) is 1. The zero-order chi connectivity index (χ0) is 15.0. The van der Waals surface area contributed by atoms with Crippen LogP contribution < -0.4 is 5.32 Å². The first-order valence-corrected chi connectivity index (χ1v) is 6.73. The van der Waals surface area contributed by atoms with Crippen LogP contribution in [0.2, 0.25) is 0 Å². The van der Waals surface area contributed by atoms with Gasteiger partial charge in [0.25, 0.3) is 0 Å². The molecule has 1 aromatic heterocycles. The van der Waals surface area contributed by atoms with E-state index in [0.29, 0.717) is 6.42 Å². The molecule has 0 aromatic carbocycles. The molecule has 20 heavy (non-hydrogen) atoms. The highest BCUT2D eigenvalue weighted by Gasteiger charge is 2.27. The first-order chi connectivity index (χ1) is 9.42. The second-order valence-electron chi connectivity index (χ2n) is 4.70. The van der Waals surface area contributed by atoms with Gasteiger partial charge in [-0.3, -0.25) is 4.98 Å². The van der Waals surface area contributed by atoms with E-state index in [1.165, 1.54) is 0 Å². The number of alkyl halides is 3. The molecule has 0 bridgehead atoms. The van der Waals surface area contributed by atoms with Crippen LogP contribution in [-0.4, -0.2) is 30.9 Å². The third kappa shape index (κ3) is 6.86. The minimum absolute atomic E-state index is 0.0312. The average Bonchev–Trinajstić information content (AvgIpc) is 2.38. The number of hydrogen-bond acceptors (Lipinski definition) is 3. The Morgan fingerprint density at radius 3 is 2.65 bits per heavy atom. The van der Waals surface area contributed by atoms with Crippen molar-refractivity contribution in [2.45, 2.75) is 38.9 Å². The summed E-state index contributed by atoms with van der Waals surface area (Å²) in [6.45, 7) is 3.61. The Bertz CT molecular complexity index is 379. The molecule has 1 unspecified atom stereocenters. The number of aryl methyl sites for hydroxylation is 1. The van der Waals surface area contributed by atoms with Crippen molar-refractivity contribution in [3.05, 3.63) is 29.6 Å². The molecule has 1 aromatic rings. The highest BCUT2D eigenvalue weighted by Crippen LogP contribution is 2.18. The van der Waals surface area contributed by atoms with Crippen molar-refractivity contribution >= 4 is 0 Å². The summed E-state index contributed by atoms with van der Waals surface area (Å²) < 4.78 is 40.7. The van der Waals surface area contributed by atoms with E-state index >= 15 is 0 Å². The van der Waals surface area contributed by atoms with Crippen molar-refractivity contribution in [3.8, 4) is 0 Å². The van der Waals surface area contributed by atoms with E-state index in [1.54, 1.807) is 6.20 Å². The summed E-state index contributed by atoms with van der Waals surface area (Å²) in [4.78, 5) is 4.21. The van der Waals surface area contributed by atoms with E-state index in [2.05, 4.69) is 15.0 Å². The molecule has 0 spiro atoms. The Morgan fingerprint density at radius 1 is 1.35 bits per heavy atom. The van der Waals surface area contributed by atoms with Gasteiger partial charge in [-0.15, -0.1) is 0 Å². The molecule has 0 saturated heterocycles. The number of ether oxygens (including phenoxy) is 1. The molecule has 0 aliphatic carbocycles. The molecule has 0 amide bonds. The molecular formula is C14H21F3N2O. The summed E-state index contributed by atoms with van der Waals surface area (Å²) in [5, 5.41) is 3.30. The van der Waals surface area contributed by atoms with Crippen LogP contribution in [0.5, 0.6) is 0 Å². The van der Waals surface area contributed by atoms with Crippen molar-refractivity contribution in [2.75, 3.05) is 19.8 Å². The second-order valence-corrected chi connectivity index (χ2v) is 4.70. The van der Waals surface area contributed by atoms with Gasteiger partial charge < -0.3 is 10.1 Å². The molecule has 6 heteroatoms. The largest absolute Gasteiger partial charge is 0.411 e. The van der Waals surface area contributed by atoms with Gasteiger partial charge in [0.1, 0.15) is 6.61 Å². The molecule has 0 saturated carbocycles. The SMILES string of the molecule is CCCNC(CCOCC(F)(F)F)c1ccc(C)nc1. The van der Waals surface area contributed by atoms with Crippen molar-refractivity contribution in [2.24, 2.45) is 0 Å². The minimum Gasteiger partial charge on any atom is -0.372 e. The van der Waals surface area contributed by atoms with E-state index in [1.807, 2.05) is 26.0 Å². The first-order valence-electron chi connectivity index (χ1n) is 6.73. The summed E-state index contributed by atoms with van der Waals surface area (Å²) in [6, 6.07) is 3.81. The van der Waals surface area contributed by atoms with E-state index < -0.39 is 12.8 Å². The lowest BCUT2D eigenvalue weighted by molar-refractivity contribution is -0.174. The predicted molar refractivity (Wildman–Crippen MR) is 71.5 cm³/mol. The van der Waals surface area contributed by atoms with E-state index in [-0.39, 0.29) is 12.6 Å². The van der Waals surface area contributed by atoms with Gasteiger partial charge in [0.15, 0.2) is 0 Å². The Balaban J connectivity index is 2.49. The lowest BCUT2D eigenvalue weighted by Crippen LogP contribution is -2.25. The molecule has 114 valence electrons. The molecular weight excluding hydrogens is 269 g/mol. The molecule has 1 N–H and O–H groups in total. The van der Waals surface area contributed by atoms with Gasteiger partial charge in [0.05, 0.1) is 0 Å². The van der Waals surface area contributed by atoms with Crippen LogP contribution in [0, 0.1) is 6.92 Å². The van der Waals surface area contributed by atoms with Crippen LogP contribution in [0.4, 0.5) is 13.2 Å². The molecule has 1 atom stereocenters. The third-order valence-corrected chi connectivity index (χ3v) is 2.79. The van der Waals surface area contributed by atoms with Gasteiger partial charge in [0.2, 0.25) is 0 Å².